The molecule has 0 saturated carbocycles. The first-order valence-corrected chi connectivity index (χ1v) is 7.38. The van der Waals surface area contributed by atoms with Crippen LogP contribution in [0.1, 0.15) is 34.1 Å². The van der Waals surface area contributed by atoms with Crippen LogP contribution in [0, 0.1) is 5.92 Å². The lowest BCUT2D eigenvalue weighted by molar-refractivity contribution is 0.109. The SMILES string of the molecule is CCNC(=NCCCOCC(C)C)NCCOCC. The van der Waals surface area contributed by atoms with Crippen LogP contribution >= 0.6 is 0 Å². The molecule has 0 aliphatic heterocycles. The molecule has 0 atom stereocenters. The lowest BCUT2D eigenvalue weighted by atomic mass is 10.2. The molecule has 0 bridgehead atoms. The Morgan fingerprint density at radius 2 is 1.89 bits per heavy atom. The van der Waals surface area contributed by atoms with Gasteiger partial charge in [0.15, 0.2) is 5.96 Å². The van der Waals surface area contributed by atoms with E-state index < -0.39 is 0 Å². The minimum absolute atomic E-state index is 0.598. The molecule has 0 aromatic carbocycles. The van der Waals surface area contributed by atoms with Crippen molar-refractivity contribution in [3.63, 3.8) is 0 Å². The number of rotatable bonds is 11. The van der Waals surface area contributed by atoms with Crippen LogP contribution < -0.4 is 10.6 Å². The molecular weight excluding hydrogens is 242 g/mol. The second kappa shape index (κ2) is 13.6. The third-order valence-electron chi connectivity index (χ3n) is 2.26. The molecule has 19 heavy (non-hydrogen) atoms. The predicted molar refractivity (Wildman–Crippen MR) is 80.7 cm³/mol. The first-order valence-electron chi connectivity index (χ1n) is 7.38. The van der Waals surface area contributed by atoms with Gasteiger partial charge in [0, 0.05) is 39.5 Å². The van der Waals surface area contributed by atoms with E-state index in [1.54, 1.807) is 0 Å². The molecule has 0 rings (SSSR count). The fraction of sp³-hybridized carbons (Fsp3) is 0.929. The molecule has 0 aromatic heterocycles. The maximum absolute atomic E-state index is 5.52. The number of aliphatic imine (C=N–C) groups is 1. The van der Waals surface area contributed by atoms with Crippen LogP contribution in [0.5, 0.6) is 0 Å². The van der Waals surface area contributed by atoms with E-state index in [0.29, 0.717) is 12.5 Å². The van der Waals surface area contributed by atoms with E-state index >= 15 is 0 Å². The molecule has 0 aliphatic carbocycles. The van der Waals surface area contributed by atoms with E-state index in [1.165, 1.54) is 0 Å². The molecule has 0 heterocycles. The van der Waals surface area contributed by atoms with Gasteiger partial charge in [-0.15, -0.1) is 0 Å². The quantitative estimate of drug-likeness (QED) is 0.341. The molecule has 0 saturated heterocycles. The number of hydrogen-bond donors (Lipinski definition) is 2. The van der Waals surface area contributed by atoms with Gasteiger partial charge in [0.05, 0.1) is 6.61 Å². The highest BCUT2D eigenvalue weighted by molar-refractivity contribution is 5.79. The highest BCUT2D eigenvalue weighted by Gasteiger charge is 1.97. The summed E-state index contributed by atoms with van der Waals surface area (Å²) in [5, 5.41) is 6.45. The van der Waals surface area contributed by atoms with Gasteiger partial charge in [-0.1, -0.05) is 13.8 Å². The Morgan fingerprint density at radius 3 is 2.53 bits per heavy atom. The molecule has 0 unspecified atom stereocenters. The first kappa shape index (κ1) is 18.2. The van der Waals surface area contributed by atoms with Gasteiger partial charge in [0.2, 0.25) is 0 Å². The Balaban J connectivity index is 3.67. The van der Waals surface area contributed by atoms with Gasteiger partial charge in [0.25, 0.3) is 0 Å². The molecule has 114 valence electrons. The van der Waals surface area contributed by atoms with Crippen molar-refractivity contribution in [2.45, 2.75) is 34.1 Å². The highest BCUT2D eigenvalue weighted by atomic mass is 16.5. The number of guanidine groups is 1. The monoisotopic (exact) mass is 273 g/mol. The summed E-state index contributed by atoms with van der Waals surface area (Å²) in [7, 11) is 0. The largest absolute Gasteiger partial charge is 0.381 e. The van der Waals surface area contributed by atoms with Gasteiger partial charge < -0.3 is 20.1 Å². The lowest BCUT2D eigenvalue weighted by Crippen LogP contribution is -2.39. The number of nitrogens with zero attached hydrogens (tertiary/aromatic N) is 1. The van der Waals surface area contributed by atoms with E-state index in [0.717, 1.165) is 51.8 Å². The summed E-state index contributed by atoms with van der Waals surface area (Å²) >= 11 is 0. The van der Waals surface area contributed by atoms with E-state index in [4.69, 9.17) is 9.47 Å². The number of ether oxygens (including phenoxy) is 2. The van der Waals surface area contributed by atoms with Crippen molar-refractivity contribution >= 4 is 5.96 Å². The van der Waals surface area contributed by atoms with Gasteiger partial charge in [0.1, 0.15) is 0 Å². The summed E-state index contributed by atoms with van der Waals surface area (Å²) in [6.07, 6.45) is 0.953. The van der Waals surface area contributed by atoms with Crippen molar-refractivity contribution in [3.05, 3.63) is 0 Å². The molecule has 0 aliphatic rings. The lowest BCUT2D eigenvalue weighted by Gasteiger charge is -2.11. The van der Waals surface area contributed by atoms with Crippen molar-refractivity contribution in [1.82, 2.24) is 10.6 Å². The smallest absolute Gasteiger partial charge is 0.191 e. The molecule has 2 N–H and O–H groups in total. The number of nitrogens with one attached hydrogen (secondary N) is 2. The van der Waals surface area contributed by atoms with Crippen molar-refractivity contribution in [2.75, 3.05) is 46.1 Å². The van der Waals surface area contributed by atoms with Crippen LogP contribution in [0.25, 0.3) is 0 Å². The van der Waals surface area contributed by atoms with Crippen molar-refractivity contribution in [3.8, 4) is 0 Å². The molecule has 0 fully saturated rings. The van der Waals surface area contributed by atoms with Crippen molar-refractivity contribution < 1.29 is 9.47 Å². The van der Waals surface area contributed by atoms with Gasteiger partial charge in [-0.25, -0.2) is 0 Å². The zero-order chi connectivity index (χ0) is 14.3. The standard InChI is InChI=1S/C14H31N3O2/c1-5-15-14(17-9-11-18-6-2)16-8-7-10-19-12-13(3)4/h13H,5-12H2,1-4H3,(H2,15,16,17). The normalized spacial score (nSPS) is 11.9. The van der Waals surface area contributed by atoms with Gasteiger partial charge in [-0.2, -0.15) is 0 Å². The van der Waals surface area contributed by atoms with Crippen LogP contribution in [0.4, 0.5) is 0 Å². The maximum atomic E-state index is 5.52. The van der Waals surface area contributed by atoms with Crippen LogP contribution in [0.2, 0.25) is 0 Å². The summed E-state index contributed by atoms with van der Waals surface area (Å²) in [5.74, 6) is 1.45. The van der Waals surface area contributed by atoms with Gasteiger partial charge >= 0.3 is 0 Å². The third kappa shape index (κ3) is 13.4. The predicted octanol–water partition coefficient (Wildman–Crippen LogP) is 1.64. The van der Waals surface area contributed by atoms with Crippen LogP contribution in [0.3, 0.4) is 0 Å². The molecule has 5 nitrogen and oxygen atoms in total. The fourth-order valence-corrected chi connectivity index (χ4v) is 1.40. The second-order valence-electron chi connectivity index (χ2n) is 4.71. The molecule has 5 heteroatoms. The molecule has 0 amide bonds. The Kier molecular flexibility index (Phi) is 13.0. The van der Waals surface area contributed by atoms with E-state index in [2.05, 4.69) is 36.4 Å². The Labute approximate surface area is 118 Å². The zero-order valence-corrected chi connectivity index (χ0v) is 13.0. The highest BCUT2D eigenvalue weighted by Crippen LogP contribution is 1.93. The van der Waals surface area contributed by atoms with Crippen molar-refractivity contribution in [2.24, 2.45) is 10.9 Å². The van der Waals surface area contributed by atoms with E-state index in [1.807, 2.05) is 6.92 Å². The Hall–Kier alpha value is -0.810. The Morgan fingerprint density at radius 1 is 1.11 bits per heavy atom. The molecule has 0 spiro atoms. The summed E-state index contributed by atoms with van der Waals surface area (Å²) in [4.78, 5) is 4.49. The molecule has 0 aromatic rings. The van der Waals surface area contributed by atoms with Crippen LogP contribution in [0.15, 0.2) is 4.99 Å². The van der Waals surface area contributed by atoms with Crippen LogP contribution in [-0.4, -0.2) is 52.0 Å². The minimum atomic E-state index is 0.598. The van der Waals surface area contributed by atoms with E-state index in [9.17, 15) is 0 Å². The van der Waals surface area contributed by atoms with Crippen LogP contribution in [-0.2, 0) is 9.47 Å². The summed E-state index contributed by atoms with van der Waals surface area (Å²) in [5.41, 5.74) is 0. The van der Waals surface area contributed by atoms with Gasteiger partial charge in [-0.05, 0) is 26.2 Å². The van der Waals surface area contributed by atoms with Crippen molar-refractivity contribution in [1.29, 1.82) is 0 Å². The maximum Gasteiger partial charge on any atom is 0.191 e. The fourth-order valence-electron chi connectivity index (χ4n) is 1.40. The first-order chi connectivity index (χ1) is 9.20. The van der Waals surface area contributed by atoms with Gasteiger partial charge in [-0.3, -0.25) is 4.99 Å². The molecule has 0 radical (unpaired) electrons. The third-order valence-corrected chi connectivity index (χ3v) is 2.26. The summed E-state index contributed by atoms with van der Waals surface area (Å²) < 4.78 is 10.8. The molecular formula is C14H31N3O2. The minimum Gasteiger partial charge on any atom is -0.381 e. The second-order valence-corrected chi connectivity index (χ2v) is 4.71. The topological polar surface area (TPSA) is 54.9 Å². The summed E-state index contributed by atoms with van der Waals surface area (Å²) in [6, 6.07) is 0. The number of hydrogen-bond acceptors (Lipinski definition) is 3. The summed E-state index contributed by atoms with van der Waals surface area (Å²) in [6.45, 7) is 13.9. The average molecular weight is 273 g/mol. The zero-order valence-electron chi connectivity index (χ0n) is 13.0. The Bertz CT molecular complexity index is 221. The van der Waals surface area contributed by atoms with E-state index in [-0.39, 0.29) is 0 Å². The average Bonchev–Trinajstić information content (AvgIpc) is 2.38.